The van der Waals surface area contributed by atoms with E-state index < -0.39 is 0 Å². The minimum absolute atomic E-state index is 0.0808. The van der Waals surface area contributed by atoms with Crippen LogP contribution in [0.2, 0.25) is 0 Å². The number of methoxy groups -OCH3 is 1. The second kappa shape index (κ2) is 8.44. The van der Waals surface area contributed by atoms with Crippen molar-refractivity contribution < 1.29 is 14.3 Å². The zero-order valence-corrected chi connectivity index (χ0v) is 10.9. The number of rotatable bonds is 7. The number of hydrogen-bond acceptors (Lipinski definition) is 4. The Kier molecular flexibility index (Phi) is 7.16. The Bertz CT molecular complexity index is 218. The molecule has 0 aromatic rings. The van der Waals surface area contributed by atoms with Crippen molar-refractivity contribution >= 4 is 5.91 Å². The molecule has 0 aliphatic carbocycles. The van der Waals surface area contributed by atoms with Crippen LogP contribution in [-0.2, 0) is 14.3 Å². The molecule has 1 heterocycles. The number of carbonyl (C=O) groups excluding carboxylic acids is 1. The number of nitrogens with one attached hydrogen (secondary N) is 1. The molecule has 1 N–H and O–H groups in total. The summed E-state index contributed by atoms with van der Waals surface area (Å²) < 4.78 is 10.1. The summed E-state index contributed by atoms with van der Waals surface area (Å²) in [6.07, 6.45) is 2.23. The predicted octanol–water partition coefficient (Wildman–Crippen LogP) is 0.250. The van der Waals surface area contributed by atoms with Crippen molar-refractivity contribution in [3.63, 3.8) is 0 Å². The van der Waals surface area contributed by atoms with Gasteiger partial charge in [0.05, 0.1) is 13.2 Å². The fraction of sp³-hybridized carbons (Fsp3) is 0.917. The van der Waals surface area contributed by atoms with E-state index in [4.69, 9.17) is 9.47 Å². The molecule has 1 unspecified atom stereocenters. The van der Waals surface area contributed by atoms with Gasteiger partial charge in [0.25, 0.3) is 0 Å². The van der Waals surface area contributed by atoms with Gasteiger partial charge in [0, 0.05) is 26.2 Å². The van der Waals surface area contributed by atoms with Crippen molar-refractivity contribution in [3.05, 3.63) is 0 Å². The molecule has 5 nitrogen and oxygen atoms in total. The van der Waals surface area contributed by atoms with Crippen molar-refractivity contribution in [2.24, 2.45) is 0 Å². The van der Waals surface area contributed by atoms with Gasteiger partial charge < -0.3 is 19.7 Å². The lowest BCUT2D eigenvalue weighted by atomic mass is 10.1. The van der Waals surface area contributed by atoms with E-state index >= 15 is 0 Å². The Labute approximate surface area is 103 Å². The van der Waals surface area contributed by atoms with Crippen LogP contribution in [0.25, 0.3) is 0 Å². The zero-order chi connectivity index (χ0) is 12.5. The van der Waals surface area contributed by atoms with Crippen LogP contribution in [-0.4, -0.2) is 63.4 Å². The molecule has 1 aliphatic rings. The van der Waals surface area contributed by atoms with E-state index in [2.05, 4.69) is 5.32 Å². The van der Waals surface area contributed by atoms with Crippen molar-refractivity contribution in [3.8, 4) is 0 Å². The highest BCUT2D eigenvalue weighted by molar-refractivity contribution is 5.77. The minimum Gasteiger partial charge on any atom is -0.382 e. The fourth-order valence-electron chi connectivity index (χ4n) is 2.12. The average molecular weight is 244 g/mol. The maximum atomic E-state index is 12.0. The summed E-state index contributed by atoms with van der Waals surface area (Å²) in [7, 11) is 1.62. The fourth-order valence-corrected chi connectivity index (χ4v) is 2.12. The molecule has 0 aromatic heterocycles. The Morgan fingerprint density at radius 3 is 2.88 bits per heavy atom. The Morgan fingerprint density at radius 1 is 1.47 bits per heavy atom. The monoisotopic (exact) mass is 244 g/mol. The highest BCUT2D eigenvalue weighted by Crippen LogP contribution is 2.10. The molecule has 1 saturated heterocycles. The van der Waals surface area contributed by atoms with Crippen LogP contribution < -0.4 is 5.32 Å². The first kappa shape index (κ1) is 14.4. The maximum Gasteiger partial charge on any atom is 0.248 e. The molecular formula is C12H24N2O3. The second-order valence-electron chi connectivity index (χ2n) is 4.23. The van der Waals surface area contributed by atoms with E-state index in [1.807, 2.05) is 11.8 Å². The third-order valence-corrected chi connectivity index (χ3v) is 3.03. The molecule has 5 heteroatoms. The van der Waals surface area contributed by atoms with E-state index in [9.17, 15) is 4.79 Å². The van der Waals surface area contributed by atoms with E-state index in [1.54, 1.807) is 7.11 Å². The summed E-state index contributed by atoms with van der Waals surface area (Å²) in [6, 6.07) is 0.326. The van der Waals surface area contributed by atoms with Crippen LogP contribution in [0.3, 0.4) is 0 Å². The summed E-state index contributed by atoms with van der Waals surface area (Å²) in [5.74, 6) is 0.0808. The van der Waals surface area contributed by atoms with Crippen LogP contribution in [0.1, 0.15) is 19.8 Å². The largest absolute Gasteiger partial charge is 0.382 e. The third kappa shape index (κ3) is 5.02. The first-order chi connectivity index (χ1) is 8.29. The van der Waals surface area contributed by atoms with E-state index in [0.717, 1.165) is 32.5 Å². The summed E-state index contributed by atoms with van der Waals surface area (Å²) in [6.45, 7) is 5.89. The van der Waals surface area contributed by atoms with Gasteiger partial charge >= 0.3 is 0 Å². The Balaban J connectivity index is 2.29. The normalized spacial score (nSPS) is 20.2. The van der Waals surface area contributed by atoms with E-state index in [-0.39, 0.29) is 12.5 Å². The van der Waals surface area contributed by atoms with E-state index in [0.29, 0.717) is 19.3 Å². The molecule has 0 aromatic carbocycles. The number of piperidine rings is 1. The molecule has 0 bridgehead atoms. The summed E-state index contributed by atoms with van der Waals surface area (Å²) >= 11 is 0. The molecule has 1 atom stereocenters. The van der Waals surface area contributed by atoms with Crippen LogP contribution in [0.15, 0.2) is 0 Å². The maximum absolute atomic E-state index is 12.0. The molecule has 0 saturated carbocycles. The SMILES string of the molecule is CCN(C(=O)COCCOC)C1CCCNC1. The molecule has 1 rings (SSSR count). The van der Waals surface area contributed by atoms with Crippen LogP contribution >= 0.6 is 0 Å². The Hall–Kier alpha value is -0.650. The van der Waals surface area contributed by atoms with Crippen LogP contribution in [0.4, 0.5) is 0 Å². The minimum atomic E-state index is 0.0808. The van der Waals surface area contributed by atoms with Gasteiger partial charge in [0.1, 0.15) is 6.61 Å². The van der Waals surface area contributed by atoms with Gasteiger partial charge in [0.15, 0.2) is 0 Å². The molecule has 0 spiro atoms. The molecule has 17 heavy (non-hydrogen) atoms. The number of ether oxygens (including phenoxy) is 2. The van der Waals surface area contributed by atoms with Gasteiger partial charge in [-0.05, 0) is 26.3 Å². The third-order valence-electron chi connectivity index (χ3n) is 3.03. The highest BCUT2D eigenvalue weighted by Gasteiger charge is 2.23. The first-order valence-corrected chi connectivity index (χ1v) is 6.36. The molecule has 1 amide bonds. The molecule has 100 valence electrons. The van der Waals surface area contributed by atoms with Crippen molar-refractivity contribution in [1.29, 1.82) is 0 Å². The van der Waals surface area contributed by atoms with Gasteiger partial charge in [-0.2, -0.15) is 0 Å². The average Bonchev–Trinajstić information content (AvgIpc) is 2.37. The first-order valence-electron chi connectivity index (χ1n) is 6.36. The number of amides is 1. The standard InChI is InChI=1S/C12H24N2O3/c1-3-14(11-5-4-6-13-9-11)12(15)10-17-8-7-16-2/h11,13H,3-10H2,1-2H3. The quantitative estimate of drug-likeness (QED) is 0.652. The topological polar surface area (TPSA) is 50.8 Å². The van der Waals surface area contributed by atoms with Crippen molar-refractivity contribution in [2.75, 3.05) is 46.6 Å². The van der Waals surface area contributed by atoms with Gasteiger partial charge in [0.2, 0.25) is 5.91 Å². The Morgan fingerprint density at radius 2 is 2.29 bits per heavy atom. The molecule has 0 radical (unpaired) electrons. The summed E-state index contributed by atoms with van der Waals surface area (Å²) in [5, 5.41) is 3.33. The van der Waals surface area contributed by atoms with Crippen LogP contribution in [0, 0.1) is 0 Å². The zero-order valence-electron chi connectivity index (χ0n) is 10.9. The highest BCUT2D eigenvalue weighted by atomic mass is 16.5. The molecular weight excluding hydrogens is 220 g/mol. The predicted molar refractivity (Wildman–Crippen MR) is 66.0 cm³/mol. The van der Waals surface area contributed by atoms with Gasteiger partial charge in [-0.15, -0.1) is 0 Å². The molecule has 1 fully saturated rings. The number of carbonyl (C=O) groups is 1. The summed E-state index contributed by atoms with van der Waals surface area (Å²) in [4.78, 5) is 13.9. The van der Waals surface area contributed by atoms with Gasteiger partial charge in [-0.3, -0.25) is 4.79 Å². The number of hydrogen-bond donors (Lipinski definition) is 1. The second-order valence-corrected chi connectivity index (χ2v) is 4.23. The van der Waals surface area contributed by atoms with Crippen molar-refractivity contribution in [1.82, 2.24) is 10.2 Å². The smallest absolute Gasteiger partial charge is 0.248 e. The number of likely N-dealkylation sites (N-methyl/N-ethyl adjacent to an activating group) is 1. The van der Waals surface area contributed by atoms with Gasteiger partial charge in [-0.25, -0.2) is 0 Å². The summed E-state index contributed by atoms with van der Waals surface area (Å²) in [5.41, 5.74) is 0. The lowest BCUT2D eigenvalue weighted by Gasteiger charge is -2.33. The number of nitrogens with zero attached hydrogens (tertiary/aromatic N) is 1. The lowest BCUT2D eigenvalue weighted by Crippen LogP contribution is -2.49. The van der Waals surface area contributed by atoms with Crippen LogP contribution in [0.5, 0.6) is 0 Å². The van der Waals surface area contributed by atoms with Crippen molar-refractivity contribution in [2.45, 2.75) is 25.8 Å². The molecule has 1 aliphatic heterocycles. The van der Waals surface area contributed by atoms with Gasteiger partial charge in [-0.1, -0.05) is 0 Å². The lowest BCUT2D eigenvalue weighted by molar-refractivity contribution is -0.139. The van der Waals surface area contributed by atoms with E-state index in [1.165, 1.54) is 0 Å².